The first-order valence-corrected chi connectivity index (χ1v) is 6.88. The Labute approximate surface area is 109 Å². The van der Waals surface area contributed by atoms with Crippen molar-refractivity contribution in [3.8, 4) is 0 Å². The third-order valence-electron chi connectivity index (χ3n) is 4.05. The van der Waals surface area contributed by atoms with Crippen LogP contribution in [0.2, 0.25) is 0 Å². The Morgan fingerprint density at radius 3 is 2.72 bits per heavy atom. The van der Waals surface area contributed by atoms with Crippen molar-refractivity contribution in [3.63, 3.8) is 0 Å². The second kappa shape index (κ2) is 5.59. The topological polar surface area (TPSA) is 29.3 Å². The highest BCUT2D eigenvalue weighted by Crippen LogP contribution is 2.30. The van der Waals surface area contributed by atoms with E-state index in [0.717, 1.165) is 30.6 Å². The monoisotopic (exact) mass is 250 g/mol. The van der Waals surface area contributed by atoms with Gasteiger partial charge < -0.3 is 10.6 Å². The van der Waals surface area contributed by atoms with E-state index in [1.807, 2.05) is 0 Å². The van der Waals surface area contributed by atoms with E-state index < -0.39 is 0 Å². The third kappa shape index (κ3) is 2.95. The molecule has 18 heavy (non-hydrogen) atoms. The van der Waals surface area contributed by atoms with Crippen LogP contribution in [0.25, 0.3) is 0 Å². The summed E-state index contributed by atoms with van der Waals surface area (Å²) in [5.74, 6) is 1.29. The van der Waals surface area contributed by atoms with Crippen molar-refractivity contribution in [2.24, 2.45) is 11.8 Å². The maximum absolute atomic E-state index is 13.1. The molecule has 1 aliphatic heterocycles. The molecule has 1 unspecified atom stereocenters. The molecule has 0 spiro atoms. The van der Waals surface area contributed by atoms with Crippen molar-refractivity contribution in [1.29, 1.82) is 0 Å². The van der Waals surface area contributed by atoms with Crippen LogP contribution in [0.3, 0.4) is 0 Å². The largest absolute Gasteiger partial charge is 0.397 e. The zero-order chi connectivity index (χ0) is 13.1. The highest BCUT2D eigenvalue weighted by atomic mass is 19.1. The quantitative estimate of drug-likeness (QED) is 0.811. The molecule has 2 N–H and O–H groups in total. The van der Waals surface area contributed by atoms with Crippen molar-refractivity contribution in [3.05, 3.63) is 24.0 Å². The summed E-state index contributed by atoms with van der Waals surface area (Å²) in [5.41, 5.74) is 7.46. The van der Waals surface area contributed by atoms with Crippen molar-refractivity contribution in [2.75, 3.05) is 23.7 Å². The number of benzene rings is 1. The fourth-order valence-electron chi connectivity index (χ4n) is 2.84. The highest BCUT2D eigenvalue weighted by Gasteiger charge is 2.20. The van der Waals surface area contributed by atoms with Crippen molar-refractivity contribution >= 4 is 11.4 Å². The van der Waals surface area contributed by atoms with Crippen LogP contribution in [0.5, 0.6) is 0 Å². The van der Waals surface area contributed by atoms with Gasteiger partial charge in [0.05, 0.1) is 11.4 Å². The van der Waals surface area contributed by atoms with Crippen LogP contribution in [-0.2, 0) is 0 Å². The van der Waals surface area contributed by atoms with E-state index in [-0.39, 0.29) is 5.82 Å². The molecule has 1 saturated heterocycles. The molecule has 0 aromatic heterocycles. The maximum Gasteiger partial charge on any atom is 0.125 e. The summed E-state index contributed by atoms with van der Waals surface area (Å²) < 4.78 is 13.1. The van der Waals surface area contributed by atoms with Gasteiger partial charge in [-0.2, -0.15) is 0 Å². The number of hydrogen-bond donors (Lipinski definition) is 1. The Kier molecular flexibility index (Phi) is 4.10. The summed E-state index contributed by atoms with van der Waals surface area (Å²) in [6.07, 6.45) is 3.68. The Bertz CT molecular complexity index is 403. The van der Waals surface area contributed by atoms with Crippen LogP contribution in [0.15, 0.2) is 18.2 Å². The van der Waals surface area contributed by atoms with Crippen molar-refractivity contribution in [1.82, 2.24) is 0 Å². The first-order chi connectivity index (χ1) is 8.58. The van der Waals surface area contributed by atoms with E-state index in [9.17, 15) is 4.39 Å². The molecule has 0 amide bonds. The van der Waals surface area contributed by atoms with Crippen LogP contribution in [0.1, 0.15) is 33.1 Å². The zero-order valence-corrected chi connectivity index (χ0v) is 11.3. The Morgan fingerprint density at radius 1 is 1.28 bits per heavy atom. The second-order valence-corrected chi connectivity index (χ2v) is 5.63. The lowest BCUT2D eigenvalue weighted by atomic mass is 9.89. The van der Waals surface area contributed by atoms with Gasteiger partial charge in [-0.1, -0.05) is 13.8 Å². The van der Waals surface area contributed by atoms with Crippen LogP contribution in [-0.4, -0.2) is 13.1 Å². The minimum atomic E-state index is -0.258. The number of nitrogens with two attached hydrogens (primary N) is 1. The summed E-state index contributed by atoms with van der Waals surface area (Å²) in [4.78, 5) is 2.30. The maximum atomic E-state index is 13.1. The predicted molar refractivity (Wildman–Crippen MR) is 75.2 cm³/mol. The minimum Gasteiger partial charge on any atom is -0.397 e. The molecule has 0 aliphatic carbocycles. The third-order valence-corrected chi connectivity index (χ3v) is 4.05. The molecule has 1 fully saturated rings. The average molecular weight is 250 g/mol. The predicted octanol–water partition coefficient (Wildman–Crippen LogP) is 3.67. The fraction of sp³-hybridized carbons (Fsp3) is 0.600. The molecule has 1 atom stereocenters. The van der Waals surface area contributed by atoms with E-state index >= 15 is 0 Å². The molecule has 100 valence electrons. The number of hydrogen-bond acceptors (Lipinski definition) is 2. The molecule has 2 nitrogen and oxygen atoms in total. The number of halogens is 1. The summed E-state index contributed by atoms with van der Waals surface area (Å²) in [6, 6.07) is 4.72. The van der Waals surface area contributed by atoms with E-state index in [1.165, 1.54) is 31.4 Å². The van der Waals surface area contributed by atoms with Gasteiger partial charge in [0.25, 0.3) is 0 Å². The number of rotatable bonds is 2. The van der Waals surface area contributed by atoms with Gasteiger partial charge in [-0.3, -0.25) is 0 Å². The van der Waals surface area contributed by atoms with Gasteiger partial charge in [0, 0.05) is 13.1 Å². The highest BCUT2D eigenvalue weighted by molar-refractivity contribution is 5.67. The summed E-state index contributed by atoms with van der Waals surface area (Å²) in [5, 5.41) is 0. The minimum absolute atomic E-state index is 0.258. The molecule has 0 saturated carbocycles. The zero-order valence-electron chi connectivity index (χ0n) is 11.3. The average Bonchev–Trinajstić information content (AvgIpc) is 2.54. The molecule has 0 bridgehead atoms. The molecule has 1 aromatic rings. The van der Waals surface area contributed by atoms with E-state index in [1.54, 1.807) is 6.07 Å². The lowest BCUT2D eigenvalue weighted by molar-refractivity contribution is 0.351. The molecule has 3 heteroatoms. The van der Waals surface area contributed by atoms with Gasteiger partial charge in [0.2, 0.25) is 0 Å². The van der Waals surface area contributed by atoms with Gasteiger partial charge in [-0.25, -0.2) is 4.39 Å². The van der Waals surface area contributed by atoms with E-state index in [4.69, 9.17) is 5.73 Å². The van der Waals surface area contributed by atoms with Gasteiger partial charge >= 0.3 is 0 Å². The second-order valence-electron chi connectivity index (χ2n) is 5.63. The van der Waals surface area contributed by atoms with Gasteiger partial charge in [0.15, 0.2) is 0 Å². The van der Waals surface area contributed by atoms with Gasteiger partial charge in [-0.05, 0) is 49.3 Å². The van der Waals surface area contributed by atoms with E-state index in [2.05, 4.69) is 18.7 Å². The molecule has 1 aromatic carbocycles. The summed E-state index contributed by atoms with van der Waals surface area (Å²) in [6.45, 7) is 6.65. The van der Waals surface area contributed by atoms with Crippen LogP contribution < -0.4 is 10.6 Å². The molecular weight excluding hydrogens is 227 g/mol. The fourth-order valence-corrected chi connectivity index (χ4v) is 2.84. The van der Waals surface area contributed by atoms with Crippen LogP contribution >= 0.6 is 0 Å². The first-order valence-electron chi connectivity index (χ1n) is 6.88. The first kappa shape index (κ1) is 13.2. The summed E-state index contributed by atoms with van der Waals surface area (Å²) >= 11 is 0. The smallest absolute Gasteiger partial charge is 0.125 e. The standard InChI is InChI=1S/C15H23FN2/c1-11(2)12-4-3-8-18(9-7-12)15-6-5-13(16)10-14(15)17/h5-6,10-12H,3-4,7-9,17H2,1-2H3. The van der Waals surface area contributed by atoms with Gasteiger partial charge in [0.1, 0.15) is 5.82 Å². The molecule has 2 rings (SSSR count). The number of nitrogens with zero attached hydrogens (tertiary/aromatic N) is 1. The van der Waals surface area contributed by atoms with Gasteiger partial charge in [-0.15, -0.1) is 0 Å². The van der Waals surface area contributed by atoms with Crippen LogP contribution in [0, 0.1) is 17.7 Å². The van der Waals surface area contributed by atoms with Crippen LogP contribution in [0.4, 0.5) is 15.8 Å². The summed E-state index contributed by atoms with van der Waals surface area (Å²) in [7, 11) is 0. The van der Waals surface area contributed by atoms with Crippen molar-refractivity contribution < 1.29 is 4.39 Å². The molecule has 0 radical (unpaired) electrons. The molecular formula is C15H23FN2. The molecule has 1 aliphatic rings. The Morgan fingerprint density at radius 2 is 2.06 bits per heavy atom. The Hall–Kier alpha value is -1.25. The lowest BCUT2D eigenvalue weighted by Gasteiger charge is -2.25. The van der Waals surface area contributed by atoms with E-state index in [0.29, 0.717) is 5.69 Å². The number of anilines is 2. The SMILES string of the molecule is CC(C)C1CCCN(c2ccc(F)cc2N)CC1. The lowest BCUT2D eigenvalue weighted by Crippen LogP contribution is -2.25. The normalized spacial score (nSPS) is 21.1. The Balaban J connectivity index is 2.10. The number of nitrogen functional groups attached to an aromatic ring is 1. The molecule has 1 heterocycles. The van der Waals surface area contributed by atoms with Crippen molar-refractivity contribution in [2.45, 2.75) is 33.1 Å².